The first-order chi connectivity index (χ1) is 8.21. The Kier molecular flexibility index (Phi) is 5.01. The van der Waals surface area contributed by atoms with Gasteiger partial charge in [0.15, 0.2) is 0 Å². The molecule has 1 aromatic carbocycles. The average molecular weight is 232 g/mol. The molecule has 0 saturated carbocycles. The molecule has 0 radical (unpaired) electrons. The number of ether oxygens (including phenoxy) is 2. The number of hydrogen-bond donors (Lipinski definition) is 0. The summed E-state index contributed by atoms with van der Waals surface area (Å²) in [4.78, 5) is 11.5. The highest BCUT2D eigenvalue weighted by Crippen LogP contribution is 2.16. The molecule has 0 aliphatic carbocycles. The van der Waals surface area contributed by atoms with Crippen LogP contribution in [-0.4, -0.2) is 20.2 Å². The summed E-state index contributed by atoms with van der Waals surface area (Å²) in [6.45, 7) is 3.62. The van der Waals surface area contributed by atoms with E-state index in [1.54, 1.807) is 19.3 Å². The lowest BCUT2D eigenvalue weighted by atomic mass is 10.1. The van der Waals surface area contributed by atoms with Gasteiger partial charge in [0.2, 0.25) is 0 Å². The van der Waals surface area contributed by atoms with E-state index in [4.69, 9.17) is 9.47 Å². The molecule has 3 nitrogen and oxygen atoms in total. The van der Waals surface area contributed by atoms with E-state index in [1.165, 1.54) is 7.11 Å². The third-order valence-electron chi connectivity index (χ3n) is 2.27. The predicted octanol–water partition coefficient (Wildman–Crippen LogP) is 2.83. The molecule has 1 rings (SSSR count). The Morgan fingerprint density at radius 3 is 2.41 bits per heavy atom. The molecule has 1 aromatic rings. The van der Waals surface area contributed by atoms with Crippen molar-refractivity contribution in [2.24, 2.45) is 0 Å². The Balaban J connectivity index is 2.95. The molecule has 0 fully saturated rings. The summed E-state index contributed by atoms with van der Waals surface area (Å²) in [6.07, 6.45) is 3.94. The Bertz CT molecular complexity index is 416. The van der Waals surface area contributed by atoms with Crippen LogP contribution < -0.4 is 4.74 Å². The van der Waals surface area contributed by atoms with Crippen molar-refractivity contribution in [2.45, 2.75) is 6.42 Å². The molecule has 3 heteroatoms. The predicted molar refractivity (Wildman–Crippen MR) is 67.8 cm³/mol. The van der Waals surface area contributed by atoms with Crippen molar-refractivity contribution in [1.82, 2.24) is 0 Å². The number of esters is 1. The molecule has 0 aliphatic heterocycles. The maximum atomic E-state index is 11.5. The Morgan fingerprint density at radius 1 is 1.29 bits per heavy atom. The van der Waals surface area contributed by atoms with Crippen LogP contribution in [0.4, 0.5) is 0 Å². The Hall–Kier alpha value is -2.03. The minimum atomic E-state index is -0.333. The number of allylic oxidation sites excluding steroid dienone is 1. The summed E-state index contributed by atoms with van der Waals surface area (Å²) in [5.41, 5.74) is 1.50. The SMILES string of the molecule is C=CC/C(=C/c1ccc(OC)cc1)C(=O)OC. The molecule has 0 aliphatic rings. The van der Waals surface area contributed by atoms with E-state index in [2.05, 4.69) is 6.58 Å². The molecule has 0 spiro atoms. The van der Waals surface area contributed by atoms with Crippen molar-refractivity contribution in [3.8, 4) is 5.75 Å². The standard InChI is InChI=1S/C14H16O3/c1-4-5-12(14(15)17-3)10-11-6-8-13(16-2)9-7-11/h4,6-10H,1,5H2,2-3H3/b12-10-. The van der Waals surface area contributed by atoms with Crippen LogP contribution in [0.5, 0.6) is 5.75 Å². The molecule has 17 heavy (non-hydrogen) atoms. The average Bonchev–Trinajstić information content (AvgIpc) is 2.38. The zero-order valence-electron chi connectivity index (χ0n) is 10.1. The van der Waals surface area contributed by atoms with Crippen LogP contribution in [0.3, 0.4) is 0 Å². The summed E-state index contributed by atoms with van der Waals surface area (Å²) in [5.74, 6) is 0.450. The lowest BCUT2D eigenvalue weighted by Crippen LogP contribution is -2.03. The van der Waals surface area contributed by atoms with Crippen LogP contribution >= 0.6 is 0 Å². The van der Waals surface area contributed by atoms with E-state index in [0.29, 0.717) is 12.0 Å². The van der Waals surface area contributed by atoms with E-state index >= 15 is 0 Å². The zero-order valence-corrected chi connectivity index (χ0v) is 10.1. The van der Waals surface area contributed by atoms with Crippen LogP contribution in [0.2, 0.25) is 0 Å². The van der Waals surface area contributed by atoms with Gasteiger partial charge >= 0.3 is 5.97 Å². The van der Waals surface area contributed by atoms with E-state index in [9.17, 15) is 4.79 Å². The molecule has 0 heterocycles. The van der Waals surface area contributed by atoms with Gasteiger partial charge in [-0.2, -0.15) is 0 Å². The van der Waals surface area contributed by atoms with Gasteiger partial charge in [0, 0.05) is 5.57 Å². The first kappa shape index (κ1) is 13.0. The van der Waals surface area contributed by atoms with Gasteiger partial charge in [0.25, 0.3) is 0 Å². The van der Waals surface area contributed by atoms with Gasteiger partial charge in [-0.1, -0.05) is 18.2 Å². The van der Waals surface area contributed by atoms with Crippen molar-refractivity contribution in [3.63, 3.8) is 0 Å². The fraction of sp³-hybridized carbons (Fsp3) is 0.214. The van der Waals surface area contributed by atoms with Gasteiger partial charge in [-0.15, -0.1) is 6.58 Å². The number of hydrogen-bond acceptors (Lipinski definition) is 3. The first-order valence-corrected chi connectivity index (χ1v) is 5.25. The second kappa shape index (κ2) is 6.53. The summed E-state index contributed by atoms with van der Waals surface area (Å²) < 4.78 is 9.76. The van der Waals surface area contributed by atoms with Crippen LogP contribution in [-0.2, 0) is 9.53 Å². The number of carbonyl (C=O) groups is 1. The summed E-state index contributed by atoms with van der Waals surface area (Å²) in [5, 5.41) is 0. The van der Waals surface area contributed by atoms with E-state index in [-0.39, 0.29) is 5.97 Å². The summed E-state index contributed by atoms with van der Waals surface area (Å²) >= 11 is 0. The van der Waals surface area contributed by atoms with Crippen molar-refractivity contribution in [2.75, 3.05) is 14.2 Å². The monoisotopic (exact) mass is 232 g/mol. The van der Waals surface area contributed by atoms with Crippen LogP contribution in [0.25, 0.3) is 6.08 Å². The van der Waals surface area contributed by atoms with E-state index < -0.39 is 0 Å². The van der Waals surface area contributed by atoms with Crippen LogP contribution in [0, 0.1) is 0 Å². The summed E-state index contributed by atoms with van der Waals surface area (Å²) in [7, 11) is 2.98. The van der Waals surface area contributed by atoms with Crippen molar-refractivity contribution < 1.29 is 14.3 Å². The van der Waals surface area contributed by atoms with Gasteiger partial charge < -0.3 is 9.47 Å². The second-order valence-electron chi connectivity index (χ2n) is 3.43. The molecule has 0 amide bonds. The summed E-state index contributed by atoms with van der Waals surface area (Å²) in [6, 6.07) is 7.44. The molecule has 0 aromatic heterocycles. The largest absolute Gasteiger partial charge is 0.497 e. The molecule has 0 bridgehead atoms. The zero-order chi connectivity index (χ0) is 12.7. The highest BCUT2D eigenvalue weighted by atomic mass is 16.5. The quantitative estimate of drug-likeness (QED) is 0.445. The van der Waals surface area contributed by atoms with Crippen molar-refractivity contribution in [3.05, 3.63) is 48.1 Å². The third kappa shape index (κ3) is 3.79. The fourth-order valence-corrected chi connectivity index (χ4v) is 1.39. The van der Waals surface area contributed by atoms with Gasteiger partial charge in [0.05, 0.1) is 14.2 Å². The maximum absolute atomic E-state index is 11.5. The molecular formula is C14H16O3. The molecular weight excluding hydrogens is 216 g/mol. The van der Waals surface area contributed by atoms with Crippen molar-refractivity contribution >= 4 is 12.0 Å². The fourth-order valence-electron chi connectivity index (χ4n) is 1.39. The maximum Gasteiger partial charge on any atom is 0.334 e. The van der Waals surface area contributed by atoms with Crippen molar-refractivity contribution in [1.29, 1.82) is 0 Å². The molecule has 90 valence electrons. The molecule has 0 unspecified atom stereocenters. The lowest BCUT2D eigenvalue weighted by Gasteiger charge is -2.03. The normalized spacial score (nSPS) is 10.8. The topological polar surface area (TPSA) is 35.5 Å². The Labute approximate surface area is 101 Å². The van der Waals surface area contributed by atoms with Gasteiger partial charge in [-0.25, -0.2) is 4.79 Å². The molecule has 0 atom stereocenters. The van der Waals surface area contributed by atoms with E-state index in [1.807, 2.05) is 24.3 Å². The van der Waals surface area contributed by atoms with Crippen LogP contribution in [0.15, 0.2) is 42.5 Å². The number of benzene rings is 1. The number of rotatable bonds is 5. The lowest BCUT2D eigenvalue weighted by molar-refractivity contribution is -0.136. The molecule has 0 saturated heterocycles. The first-order valence-electron chi connectivity index (χ1n) is 5.25. The third-order valence-corrected chi connectivity index (χ3v) is 2.27. The number of carbonyl (C=O) groups excluding carboxylic acids is 1. The highest BCUT2D eigenvalue weighted by Gasteiger charge is 2.07. The van der Waals surface area contributed by atoms with Crippen LogP contribution in [0.1, 0.15) is 12.0 Å². The second-order valence-corrected chi connectivity index (χ2v) is 3.43. The van der Waals surface area contributed by atoms with E-state index in [0.717, 1.165) is 11.3 Å². The molecule has 0 N–H and O–H groups in total. The Morgan fingerprint density at radius 2 is 1.94 bits per heavy atom. The van der Waals surface area contributed by atoms with Gasteiger partial charge in [0.1, 0.15) is 5.75 Å². The highest BCUT2D eigenvalue weighted by molar-refractivity contribution is 5.93. The smallest absolute Gasteiger partial charge is 0.334 e. The van der Waals surface area contributed by atoms with Gasteiger partial charge in [-0.3, -0.25) is 0 Å². The minimum absolute atomic E-state index is 0.333. The minimum Gasteiger partial charge on any atom is -0.497 e. The van der Waals surface area contributed by atoms with Gasteiger partial charge in [-0.05, 0) is 30.2 Å². The number of methoxy groups -OCH3 is 2.